The second kappa shape index (κ2) is 5.99. The van der Waals surface area contributed by atoms with Crippen LogP contribution < -0.4 is 4.74 Å². The number of aromatic nitrogens is 2. The third-order valence-corrected chi connectivity index (χ3v) is 5.24. The van der Waals surface area contributed by atoms with E-state index in [0.29, 0.717) is 22.6 Å². The number of ether oxygens (including phenoxy) is 1. The molecular formula is C18H14BrF3N2O2. The van der Waals surface area contributed by atoms with E-state index in [2.05, 4.69) is 25.7 Å². The van der Waals surface area contributed by atoms with Crippen LogP contribution in [0.25, 0.3) is 5.65 Å². The van der Waals surface area contributed by atoms with Gasteiger partial charge in [0.1, 0.15) is 22.8 Å². The molecule has 4 rings (SSSR count). The largest absolute Gasteiger partial charge is 0.435 e. The molecule has 3 aromatic rings. The SMILES string of the molecule is C[C@@]1(O)CC(c2ccccc2OC(F)F)c2c1nc1cc(F)c(Br)cn21. The Balaban J connectivity index is 1.94. The zero-order chi connectivity index (χ0) is 18.6. The predicted octanol–water partition coefficient (Wildman–Crippen LogP) is 4.58. The Hall–Kier alpha value is -2.06. The predicted molar refractivity (Wildman–Crippen MR) is 92.0 cm³/mol. The molecule has 2 atom stereocenters. The number of hydrogen-bond donors (Lipinski definition) is 1. The fraction of sp³-hybridized carbons (Fsp3) is 0.278. The third kappa shape index (κ3) is 2.68. The van der Waals surface area contributed by atoms with Gasteiger partial charge < -0.3 is 14.2 Å². The number of aliphatic hydroxyl groups is 1. The van der Waals surface area contributed by atoms with Crippen LogP contribution in [0.15, 0.2) is 41.0 Å². The van der Waals surface area contributed by atoms with Crippen molar-refractivity contribution in [2.24, 2.45) is 0 Å². The molecule has 26 heavy (non-hydrogen) atoms. The molecule has 0 amide bonds. The Morgan fingerprint density at radius 3 is 2.85 bits per heavy atom. The Morgan fingerprint density at radius 1 is 1.38 bits per heavy atom. The molecule has 0 radical (unpaired) electrons. The van der Waals surface area contributed by atoms with Crippen LogP contribution in [-0.2, 0) is 5.60 Å². The Labute approximate surface area is 155 Å². The van der Waals surface area contributed by atoms with Gasteiger partial charge in [-0.3, -0.25) is 0 Å². The molecule has 2 heterocycles. The molecule has 1 aliphatic carbocycles. The van der Waals surface area contributed by atoms with Crippen molar-refractivity contribution in [3.05, 3.63) is 63.8 Å². The van der Waals surface area contributed by atoms with Gasteiger partial charge in [0.2, 0.25) is 0 Å². The smallest absolute Gasteiger partial charge is 0.387 e. The number of rotatable bonds is 3. The van der Waals surface area contributed by atoms with Crippen LogP contribution in [0.5, 0.6) is 5.75 Å². The summed E-state index contributed by atoms with van der Waals surface area (Å²) >= 11 is 3.15. The molecule has 0 bridgehead atoms. The van der Waals surface area contributed by atoms with E-state index in [1.54, 1.807) is 29.5 Å². The van der Waals surface area contributed by atoms with Crippen molar-refractivity contribution < 1.29 is 23.0 Å². The molecule has 0 spiro atoms. The zero-order valence-electron chi connectivity index (χ0n) is 13.6. The van der Waals surface area contributed by atoms with Gasteiger partial charge >= 0.3 is 6.61 Å². The molecular weight excluding hydrogens is 413 g/mol. The van der Waals surface area contributed by atoms with E-state index < -0.39 is 23.9 Å². The topological polar surface area (TPSA) is 46.8 Å². The Kier molecular flexibility index (Phi) is 4.00. The van der Waals surface area contributed by atoms with E-state index in [0.717, 1.165) is 0 Å². The van der Waals surface area contributed by atoms with Gasteiger partial charge in [0.25, 0.3) is 0 Å². The zero-order valence-corrected chi connectivity index (χ0v) is 15.2. The van der Waals surface area contributed by atoms with Crippen molar-refractivity contribution in [1.82, 2.24) is 9.38 Å². The van der Waals surface area contributed by atoms with E-state index in [-0.39, 0.29) is 16.6 Å². The van der Waals surface area contributed by atoms with E-state index in [4.69, 9.17) is 0 Å². The highest BCUT2D eigenvalue weighted by atomic mass is 79.9. The fourth-order valence-electron chi connectivity index (χ4n) is 3.61. The number of para-hydroxylation sites is 1. The fourth-order valence-corrected chi connectivity index (χ4v) is 3.93. The summed E-state index contributed by atoms with van der Waals surface area (Å²) in [5.41, 5.74) is 0.636. The monoisotopic (exact) mass is 426 g/mol. The summed E-state index contributed by atoms with van der Waals surface area (Å²) in [5.74, 6) is -0.853. The molecule has 0 aliphatic heterocycles. The van der Waals surface area contributed by atoms with Crippen LogP contribution in [0.1, 0.15) is 36.2 Å². The first-order valence-corrected chi connectivity index (χ1v) is 8.71. The number of imidazole rings is 1. The second-order valence-corrected chi connectivity index (χ2v) is 7.34. The minimum atomic E-state index is -2.96. The van der Waals surface area contributed by atoms with Crippen LogP contribution in [0, 0.1) is 5.82 Å². The van der Waals surface area contributed by atoms with Gasteiger partial charge in [-0.1, -0.05) is 18.2 Å². The lowest BCUT2D eigenvalue weighted by atomic mass is 9.93. The number of nitrogens with zero attached hydrogens (tertiary/aromatic N) is 2. The van der Waals surface area contributed by atoms with Crippen LogP contribution in [0.3, 0.4) is 0 Å². The third-order valence-electron chi connectivity index (χ3n) is 4.65. The quantitative estimate of drug-likeness (QED) is 0.666. The van der Waals surface area contributed by atoms with Crippen molar-refractivity contribution in [2.75, 3.05) is 0 Å². The van der Waals surface area contributed by atoms with Crippen molar-refractivity contribution in [3.63, 3.8) is 0 Å². The molecule has 8 heteroatoms. The molecule has 4 nitrogen and oxygen atoms in total. The molecule has 1 unspecified atom stereocenters. The maximum absolute atomic E-state index is 13.9. The van der Waals surface area contributed by atoms with Gasteiger partial charge in [0.05, 0.1) is 15.9 Å². The van der Waals surface area contributed by atoms with Gasteiger partial charge in [-0.2, -0.15) is 8.78 Å². The van der Waals surface area contributed by atoms with E-state index in [1.165, 1.54) is 18.3 Å². The summed E-state index contributed by atoms with van der Waals surface area (Å²) in [7, 11) is 0. The molecule has 0 saturated carbocycles. The number of fused-ring (bicyclic) bond motifs is 3. The molecule has 1 aliphatic rings. The average molecular weight is 427 g/mol. The number of alkyl halides is 2. The first-order valence-electron chi connectivity index (χ1n) is 7.91. The van der Waals surface area contributed by atoms with Crippen molar-refractivity contribution in [1.29, 1.82) is 0 Å². The van der Waals surface area contributed by atoms with Crippen molar-refractivity contribution >= 4 is 21.6 Å². The number of halogens is 4. The first kappa shape index (κ1) is 17.4. The Bertz CT molecular complexity index is 1000. The van der Waals surface area contributed by atoms with Gasteiger partial charge in [-0.25, -0.2) is 9.37 Å². The minimum Gasteiger partial charge on any atom is -0.435 e. The minimum absolute atomic E-state index is 0.0484. The highest BCUT2D eigenvalue weighted by Crippen LogP contribution is 2.49. The number of hydrogen-bond acceptors (Lipinski definition) is 3. The molecule has 1 aromatic carbocycles. The van der Waals surface area contributed by atoms with Crippen LogP contribution in [0.4, 0.5) is 13.2 Å². The standard InChI is InChI=1S/C18H14BrF3N2O2/c1-18(25)7-10(9-4-2-3-5-13(9)26-17(21)22)15-16(18)23-14-6-12(20)11(19)8-24(14)15/h2-6,8,10,17,25H,7H2,1H3/t10?,18-/m1/s1. The molecule has 2 aromatic heterocycles. The maximum atomic E-state index is 13.9. The second-order valence-electron chi connectivity index (χ2n) is 6.49. The summed E-state index contributed by atoms with van der Waals surface area (Å²) < 4.78 is 46.0. The molecule has 136 valence electrons. The molecule has 1 N–H and O–H groups in total. The van der Waals surface area contributed by atoms with Gasteiger partial charge in [-0.15, -0.1) is 0 Å². The summed E-state index contributed by atoms with van der Waals surface area (Å²) in [6.07, 6.45) is 1.79. The van der Waals surface area contributed by atoms with E-state index in [1.807, 2.05) is 0 Å². The lowest BCUT2D eigenvalue weighted by Crippen LogP contribution is -2.18. The number of benzene rings is 1. The van der Waals surface area contributed by atoms with Gasteiger partial charge in [-0.05, 0) is 35.3 Å². The van der Waals surface area contributed by atoms with Crippen LogP contribution >= 0.6 is 15.9 Å². The van der Waals surface area contributed by atoms with Crippen molar-refractivity contribution in [3.8, 4) is 5.75 Å². The highest BCUT2D eigenvalue weighted by Gasteiger charge is 2.44. The average Bonchev–Trinajstić information content (AvgIpc) is 3.04. The summed E-state index contributed by atoms with van der Waals surface area (Å²) in [4.78, 5) is 4.38. The molecule has 0 saturated heterocycles. The first-order chi connectivity index (χ1) is 12.3. The summed E-state index contributed by atoms with van der Waals surface area (Å²) in [6, 6.07) is 7.74. The lowest BCUT2D eigenvalue weighted by Gasteiger charge is -2.20. The number of pyridine rings is 1. The van der Waals surface area contributed by atoms with E-state index in [9.17, 15) is 18.3 Å². The van der Waals surface area contributed by atoms with Gasteiger partial charge in [0, 0.05) is 23.7 Å². The normalized spacial score (nSPS) is 22.2. The highest BCUT2D eigenvalue weighted by molar-refractivity contribution is 9.10. The van der Waals surface area contributed by atoms with Crippen molar-refractivity contribution in [2.45, 2.75) is 31.5 Å². The lowest BCUT2D eigenvalue weighted by molar-refractivity contribution is -0.0506. The van der Waals surface area contributed by atoms with E-state index >= 15 is 0 Å². The Morgan fingerprint density at radius 2 is 2.12 bits per heavy atom. The van der Waals surface area contributed by atoms with Crippen LogP contribution in [0.2, 0.25) is 0 Å². The summed E-state index contributed by atoms with van der Waals surface area (Å²) in [6.45, 7) is -1.34. The van der Waals surface area contributed by atoms with Crippen LogP contribution in [-0.4, -0.2) is 21.1 Å². The van der Waals surface area contributed by atoms with Gasteiger partial charge in [0.15, 0.2) is 0 Å². The molecule has 0 fully saturated rings. The maximum Gasteiger partial charge on any atom is 0.387 e. The summed E-state index contributed by atoms with van der Waals surface area (Å²) in [5, 5.41) is 10.8.